The number of fused-ring (bicyclic) bond motifs is 1. The van der Waals surface area contributed by atoms with Crippen LogP contribution in [0.2, 0.25) is 0 Å². The molecule has 0 bridgehead atoms. The number of carbonyl (C=O) groups is 2. The lowest BCUT2D eigenvalue weighted by Gasteiger charge is -2.30. The average molecular weight is 282 g/mol. The first-order valence-electron chi connectivity index (χ1n) is 7.61. The summed E-state index contributed by atoms with van der Waals surface area (Å²) in [5.41, 5.74) is 6.19. The van der Waals surface area contributed by atoms with Gasteiger partial charge in [-0.15, -0.1) is 0 Å². The van der Waals surface area contributed by atoms with Gasteiger partial charge < -0.3 is 11.1 Å². The van der Waals surface area contributed by atoms with Gasteiger partial charge in [0.1, 0.15) is 0 Å². The molecule has 1 saturated heterocycles. The monoisotopic (exact) mass is 282 g/mol. The Morgan fingerprint density at radius 3 is 2.75 bits per heavy atom. The molecule has 6 heteroatoms. The molecule has 4 N–H and O–H groups in total. The Balaban J connectivity index is 1.88. The van der Waals surface area contributed by atoms with Crippen LogP contribution in [0.1, 0.15) is 33.1 Å². The Kier molecular flexibility index (Phi) is 4.99. The molecule has 1 saturated carbocycles. The molecule has 0 aromatic heterocycles. The van der Waals surface area contributed by atoms with Gasteiger partial charge >= 0.3 is 6.03 Å². The van der Waals surface area contributed by atoms with Crippen LogP contribution in [0.25, 0.3) is 0 Å². The molecule has 1 aliphatic carbocycles. The number of urea groups is 1. The Morgan fingerprint density at radius 2 is 2.10 bits per heavy atom. The van der Waals surface area contributed by atoms with E-state index in [2.05, 4.69) is 15.5 Å². The number of nitrogens with two attached hydrogens (primary N) is 1. The summed E-state index contributed by atoms with van der Waals surface area (Å²) < 4.78 is 0. The Hall–Kier alpha value is -1.14. The van der Waals surface area contributed by atoms with E-state index in [1.807, 2.05) is 13.8 Å². The first kappa shape index (κ1) is 15.3. The van der Waals surface area contributed by atoms with E-state index in [0.717, 1.165) is 19.5 Å². The number of imide groups is 1. The van der Waals surface area contributed by atoms with Crippen molar-refractivity contribution in [3.63, 3.8) is 0 Å². The predicted molar refractivity (Wildman–Crippen MR) is 77.1 cm³/mol. The van der Waals surface area contributed by atoms with E-state index >= 15 is 0 Å². The Labute approximate surface area is 120 Å². The molecule has 4 atom stereocenters. The molecule has 1 aliphatic heterocycles. The number of amides is 3. The molecule has 4 unspecified atom stereocenters. The number of likely N-dealkylation sites (tertiary alicyclic amines) is 1. The third kappa shape index (κ3) is 3.30. The third-order valence-electron chi connectivity index (χ3n) is 4.68. The van der Waals surface area contributed by atoms with E-state index < -0.39 is 6.03 Å². The minimum absolute atomic E-state index is 0.233. The molecule has 3 amide bonds. The fourth-order valence-electron chi connectivity index (χ4n) is 3.45. The van der Waals surface area contributed by atoms with Crippen molar-refractivity contribution < 1.29 is 9.59 Å². The number of carbonyl (C=O) groups excluding carboxylic acids is 2. The van der Waals surface area contributed by atoms with Crippen LogP contribution in [0.3, 0.4) is 0 Å². The summed E-state index contributed by atoms with van der Waals surface area (Å²) in [6.07, 6.45) is 3.49. The van der Waals surface area contributed by atoms with Crippen LogP contribution in [-0.4, -0.2) is 48.6 Å². The van der Waals surface area contributed by atoms with Crippen molar-refractivity contribution in [2.75, 3.05) is 19.6 Å². The van der Waals surface area contributed by atoms with Crippen LogP contribution in [0.5, 0.6) is 0 Å². The SMILES string of the molecule is CCNC(=O)NC(=O)C(C)N1CC2CCCC(N)C2C1. The standard InChI is InChI=1S/C14H26N4O2/c1-3-16-14(20)17-13(19)9(2)18-7-10-5-4-6-12(15)11(10)8-18/h9-12H,3-8,15H2,1-2H3,(H2,16,17,19,20). The normalized spacial score (nSPS) is 31.4. The van der Waals surface area contributed by atoms with Gasteiger partial charge in [0.15, 0.2) is 0 Å². The molecular formula is C14H26N4O2. The first-order chi connectivity index (χ1) is 9.52. The second-order valence-electron chi connectivity index (χ2n) is 6.00. The minimum Gasteiger partial charge on any atom is -0.338 e. The molecule has 0 aromatic rings. The van der Waals surface area contributed by atoms with Crippen molar-refractivity contribution in [2.24, 2.45) is 17.6 Å². The van der Waals surface area contributed by atoms with E-state index in [1.165, 1.54) is 12.8 Å². The number of hydrogen-bond acceptors (Lipinski definition) is 4. The van der Waals surface area contributed by atoms with Gasteiger partial charge in [-0.25, -0.2) is 4.79 Å². The summed E-state index contributed by atoms with van der Waals surface area (Å²) in [6.45, 7) is 5.98. The predicted octanol–water partition coefficient (Wildman–Crippen LogP) is 0.280. The largest absolute Gasteiger partial charge is 0.338 e. The van der Waals surface area contributed by atoms with Crippen LogP contribution in [-0.2, 0) is 4.79 Å². The van der Waals surface area contributed by atoms with E-state index in [0.29, 0.717) is 18.4 Å². The lowest BCUT2D eigenvalue weighted by molar-refractivity contribution is -0.124. The molecule has 20 heavy (non-hydrogen) atoms. The maximum absolute atomic E-state index is 12.1. The summed E-state index contributed by atoms with van der Waals surface area (Å²) in [5.74, 6) is 0.880. The highest BCUT2D eigenvalue weighted by atomic mass is 16.2. The van der Waals surface area contributed by atoms with E-state index in [1.54, 1.807) is 0 Å². The maximum atomic E-state index is 12.1. The lowest BCUT2D eigenvalue weighted by atomic mass is 9.78. The Bertz CT molecular complexity index is 374. The summed E-state index contributed by atoms with van der Waals surface area (Å²) >= 11 is 0. The third-order valence-corrected chi connectivity index (χ3v) is 4.68. The zero-order chi connectivity index (χ0) is 14.7. The maximum Gasteiger partial charge on any atom is 0.321 e. The van der Waals surface area contributed by atoms with Gasteiger partial charge in [0.05, 0.1) is 6.04 Å². The topological polar surface area (TPSA) is 87.5 Å². The van der Waals surface area contributed by atoms with Gasteiger partial charge in [0, 0.05) is 25.7 Å². The van der Waals surface area contributed by atoms with E-state index in [9.17, 15) is 9.59 Å². The molecule has 0 radical (unpaired) electrons. The highest BCUT2D eigenvalue weighted by Crippen LogP contribution is 2.36. The van der Waals surface area contributed by atoms with Crippen LogP contribution in [0.4, 0.5) is 4.79 Å². The van der Waals surface area contributed by atoms with Gasteiger partial charge in [-0.05, 0) is 38.5 Å². The van der Waals surface area contributed by atoms with Crippen molar-refractivity contribution in [1.29, 1.82) is 0 Å². The van der Waals surface area contributed by atoms with Crippen molar-refractivity contribution >= 4 is 11.9 Å². The van der Waals surface area contributed by atoms with Crippen LogP contribution < -0.4 is 16.4 Å². The summed E-state index contributed by atoms with van der Waals surface area (Å²) in [6, 6.07) is -0.439. The quantitative estimate of drug-likeness (QED) is 0.694. The van der Waals surface area contributed by atoms with Crippen molar-refractivity contribution in [1.82, 2.24) is 15.5 Å². The highest BCUT2D eigenvalue weighted by Gasteiger charge is 2.41. The zero-order valence-electron chi connectivity index (χ0n) is 12.4. The van der Waals surface area contributed by atoms with Crippen LogP contribution >= 0.6 is 0 Å². The highest BCUT2D eigenvalue weighted by molar-refractivity contribution is 5.96. The van der Waals surface area contributed by atoms with Crippen molar-refractivity contribution in [2.45, 2.75) is 45.2 Å². The van der Waals surface area contributed by atoms with Gasteiger partial charge in [-0.3, -0.25) is 15.0 Å². The second kappa shape index (κ2) is 6.54. The molecule has 2 aliphatic rings. The van der Waals surface area contributed by atoms with Crippen molar-refractivity contribution in [3.05, 3.63) is 0 Å². The number of rotatable bonds is 3. The Morgan fingerprint density at radius 1 is 1.35 bits per heavy atom. The molecule has 2 rings (SSSR count). The molecular weight excluding hydrogens is 256 g/mol. The summed E-state index contributed by atoms with van der Waals surface area (Å²) in [5, 5.41) is 4.96. The van der Waals surface area contributed by atoms with Crippen LogP contribution in [0, 0.1) is 11.8 Å². The van der Waals surface area contributed by atoms with Gasteiger partial charge in [0.25, 0.3) is 0 Å². The number of nitrogens with zero attached hydrogens (tertiary/aromatic N) is 1. The summed E-state index contributed by atoms with van der Waals surface area (Å²) in [4.78, 5) is 25.6. The molecule has 0 spiro atoms. The van der Waals surface area contributed by atoms with E-state index in [4.69, 9.17) is 5.73 Å². The number of nitrogens with one attached hydrogen (secondary N) is 2. The van der Waals surface area contributed by atoms with Gasteiger partial charge in [-0.2, -0.15) is 0 Å². The van der Waals surface area contributed by atoms with Crippen molar-refractivity contribution in [3.8, 4) is 0 Å². The molecule has 114 valence electrons. The van der Waals surface area contributed by atoms with Crippen LogP contribution in [0.15, 0.2) is 0 Å². The molecule has 0 aromatic carbocycles. The zero-order valence-corrected chi connectivity index (χ0v) is 12.4. The summed E-state index contributed by atoms with van der Waals surface area (Å²) in [7, 11) is 0. The fraction of sp³-hybridized carbons (Fsp3) is 0.857. The number of hydrogen-bond donors (Lipinski definition) is 3. The molecule has 6 nitrogen and oxygen atoms in total. The van der Waals surface area contributed by atoms with Gasteiger partial charge in [-0.1, -0.05) is 6.42 Å². The minimum atomic E-state index is -0.419. The smallest absolute Gasteiger partial charge is 0.321 e. The fourth-order valence-corrected chi connectivity index (χ4v) is 3.45. The first-order valence-corrected chi connectivity index (χ1v) is 7.61. The molecule has 2 fully saturated rings. The average Bonchev–Trinajstić information content (AvgIpc) is 2.83. The lowest BCUT2D eigenvalue weighted by Crippen LogP contribution is -2.49. The molecule has 1 heterocycles. The second-order valence-corrected chi connectivity index (χ2v) is 6.00. The van der Waals surface area contributed by atoms with E-state index in [-0.39, 0.29) is 18.0 Å². The van der Waals surface area contributed by atoms with Gasteiger partial charge in [0.2, 0.25) is 5.91 Å².